The third kappa shape index (κ3) is 3.50. The van der Waals surface area contributed by atoms with E-state index in [1.54, 1.807) is 12.4 Å². The highest BCUT2D eigenvalue weighted by atomic mass is 32.2. The molecule has 1 aliphatic carbocycles. The Bertz CT molecular complexity index is 1150. The van der Waals surface area contributed by atoms with E-state index in [9.17, 15) is 9.32 Å². The van der Waals surface area contributed by atoms with Crippen LogP contribution in [0.3, 0.4) is 0 Å². The Labute approximate surface area is 201 Å². The van der Waals surface area contributed by atoms with Gasteiger partial charge in [0, 0.05) is 31.8 Å². The Hall–Kier alpha value is -2.59. The van der Waals surface area contributed by atoms with Crippen LogP contribution < -0.4 is 14.5 Å². The predicted molar refractivity (Wildman–Crippen MR) is 130 cm³/mol. The van der Waals surface area contributed by atoms with E-state index in [-0.39, 0.29) is 11.6 Å². The van der Waals surface area contributed by atoms with E-state index in [0.717, 1.165) is 73.0 Å². The van der Waals surface area contributed by atoms with Crippen molar-refractivity contribution in [2.75, 3.05) is 41.8 Å². The number of hydrogen-bond acceptors (Lipinski definition) is 9. The highest BCUT2D eigenvalue weighted by molar-refractivity contribution is 7.85. The molecule has 0 aromatic carbocycles. The first-order chi connectivity index (χ1) is 16.6. The van der Waals surface area contributed by atoms with Gasteiger partial charge in [0.25, 0.3) is 0 Å². The molecule has 2 aromatic heterocycles. The summed E-state index contributed by atoms with van der Waals surface area (Å²) >= 11 is 0. The van der Waals surface area contributed by atoms with Gasteiger partial charge in [-0.15, -0.1) is 0 Å². The van der Waals surface area contributed by atoms with E-state index in [0.29, 0.717) is 37.0 Å². The van der Waals surface area contributed by atoms with Gasteiger partial charge < -0.3 is 19.6 Å². The lowest BCUT2D eigenvalue weighted by molar-refractivity contribution is 0.0579. The summed E-state index contributed by atoms with van der Waals surface area (Å²) in [7, 11) is -1.08. The van der Waals surface area contributed by atoms with Gasteiger partial charge in [0.15, 0.2) is 17.4 Å². The zero-order valence-corrected chi connectivity index (χ0v) is 20.3. The zero-order valence-electron chi connectivity index (χ0n) is 19.4. The predicted octanol–water partition coefficient (Wildman–Crippen LogP) is 2.12. The van der Waals surface area contributed by atoms with Gasteiger partial charge in [0.05, 0.1) is 47.1 Å². The number of aromatic nitrogens is 4. The lowest BCUT2D eigenvalue weighted by Gasteiger charge is -2.48. The molecule has 0 radical (unpaired) electrons. The van der Waals surface area contributed by atoms with Gasteiger partial charge in [0.2, 0.25) is 5.95 Å². The van der Waals surface area contributed by atoms with E-state index in [2.05, 4.69) is 25.8 Å². The second-order valence-electron chi connectivity index (χ2n) is 9.44. The average molecular weight is 483 g/mol. The number of nitrogens with zero attached hydrogens (tertiary/aromatic N) is 6. The fraction of sp³-hybridized carbons (Fsp3) is 0.583. The zero-order chi connectivity index (χ0) is 23.3. The Kier molecular flexibility index (Phi) is 5.52. The number of aliphatic hydroxyl groups is 1. The molecule has 2 atom stereocenters. The van der Waals surface area contributed by atoms with Crippen LogP contribution in [0.1, 0.15) is 50.5 Å². The van der Waals surface area contributed by atoms with E-state index in [1.165, 1.54) is 0 Å². The highest BCUT2D eigenvalue weighted by Gasteiger charge is 2.53. The van der Waals surface area contributed by atoms with Crippen LogP contribution in [0, 0.1) is 0 Å². The highest BCUT2D eigenvalue weighted by Crippen LogP contribution is 2.49. The summed E-state index contributed by atoms with van der Waals surface area (Å²) in [6.07, 6.45) is 10.5. The Morgan fingerprint density at radius 2 is 2.03 bits per heavy atom. The molecular weight excluding hydrogens is 452 g/mol. The van der Waals surface area contributed by atoms with Crippen LogP contribution in [0.2, 0.25) is 0 Å². The van der Waals surface area contributed by atoms with Crippen molar-refractivity contribution in [2.45, 2.75) is 62.0 Å². The third-order valence-electron chi connectivity index (χ3n) is 7.64. The molecule has 180 valence electrons. The minimum absolute atomic E-state index is 0.244. The molecule has 1 saturated heterocycles. The van der Waals surface area contributed by atoms with Crippen molar-refractivity contribution < 1.29 is 14.1 Å². The molecule has 0 bridgehead atoms. The number of aryl methyl sites for hydroxylation is 1. The quantitative estimate of drug-likeness (QED) is 0.686. The second-order valence-corrected chi connectivity index (χ2v) is 10.9. The molecule has 4 aliphatic rings. The first-order valence-corrected chi connectivity index (χ1v) is 13.5. The van der Waals surface area contributed by atoms with Crippen molar-refractivity contribution in [1.82, 2.24) is 19.9 Å². The summed E-state index contributed by atoms with van der Waals surface area (Å²) in [6.45, 7) is 4.71. The standard InChI is InChI=1S/C24H30N6O3S/c1-2-33-17-14-25-21(26-15-17)16-4-10-29(11-5-16)23-27-18-7-13-34(32)20(18)22(28-23)30-12-6-19(31)24(30)8-3-9-24/h4,14-15,19,31H,2-3,5-13H2,1H3. The molecule has 2 fully saturated rings. The molecule has 9 nitrogen and oxygen atoms in total. The molecule has 5 heterocycles. The third-order valence-corrected chi connectivity index (χ3v) is 9.08. The maximum Gasteiger partial charge on any atom is 0.227 e. The Balaban J connectivity index is 1.28. The molecule has 34 heavy (non-hydrogen) atoms. The smallest absolute Gasteiger partial charge is 0.227 e. The van der Waals surface area contributed by atoms with Crippen molar-refractivity contribution in [3.63, 3.8) is 0 Å². The van der Waals surface area contributed by atoms with Crippen LogP contribution in [0.25, 0.3) is 5.57 Å². The van der Waals surface area contributed by atoms with Gasteiger partial charge >= 0.3 is 0 Å². The maximum atomic E-state index is 12.9. The summed E-state index contributed by atoms with van der Waals surface area (Å²) in [5.41, 5.74) is 1.77. The molecule has 0 amide bonds. The normalized spacial score (nSPS) is 25.3. The van der Waals surface area contributed by atoms with E-state index in [1.807, 2.05) is 6.92 Å². The van der Waals surface area contributed by atoms with E-state index in [4.69, 9.17) is 14.7 Å². The molecule has 10 heteroatoms. The minimum atomic E-state index is -1.08. The molecule has 3 aliphatic heterocycles. The summed E-state index contributed by atoms with van der Waals surface area (Å²) in [6, 6.07) is 0. The van der Waals surface area contributed by atoms with Crippen molar-refractivity contribution in [1.29, 1.82) is 0 Å². The lowest BCUT2D eigenvalue weighted by Crippen LogP contribution is -2.56. The maximum absolute atomic E-state index is 12.9. The number of fused-ring (bicyclic) bond motifs is 1. The van der Waals surface area contributed by atoms with Gasteiger partial charge in [0.1, 0.15) is 4.90 Å². The fourth-order valence-electron chi connectivity index (χ4n) is 5.65. The first kappa shape index (κ1) is 21.9. The molecule has 2 unspecified atom stereocenters. The van der Waals surface area contributed by atoms with Crippen LogP contribution >= 0.6 is 0 Å². The van der Waals surface area contributed by atoms with Gasteiger partial charge in [-0.2, -0.15) is 4.98 Å². The largest absolute Gasteiger partial charge is 0.491 e. The minimum Gasteiger partial charge on any atom is -0.491 e. The van der Waals surface area contributed by atoms with Crippen LogP contribution in [0.15, 0.2) is 23.4 Å². The van der Waals surface area contributed by atoms with Crippen molar-refractivity contribution >= 4 is 28.1 Å². The van der Waals surface area contributed by atoms with E-state index >= 15 is 0 Å². The number of hydrogen-bond donors (Lipinski definition) is 1. The van der Waals surface area contributed by atoms with Crippen LogP contribution in [-0.2, 0) is 17.2 Å². The first-order valence-electron chi connectivity index (χ1n) is 12.2. The number of anilines is 2. The number of aliphatic hydroxyl groups excluding tert-OH is 1. The van der Waals surface area contributed by atoms with Gasteiger partial charge in [-0.25, -0.2) is 15.0 Å². The van der Waals surface area contributed by atoms with Crippen molar-refractivity contribution in [3.05, 3.63) is 30.0 Å². The summed E-state index contributed by atoms with van der Waals surface area (Å²) in [4.78, 5) is 24.0. The van der Waals surface area contributed by atoms with Gasteiger partial charge in [-0.05, 0) is 44.6 Å². The SMILES string of the molecule is CCOc1cnc(C2=CCN(c3nc4c(c(N5CCC(O)C56CCC6)n3)S(=O)CC4)CC2)nc1. The van der Waals surface area contributed by atoms with E-state index < -0.39 is 10.8 Å². The molecule has 1 spiro atoms. The molecule has 2 aromatic rings. The van der Waals surface area contributed by atoms with Crippen LogP contribution in [0.4, 0.5) is 11.8 Å². The topological polar surface area (TPSA) is 105 Å². The second kappa shape index (κ2) is 8.57. The number of ether oxygens (including phenoxy) is 1. The van der Waals surface area contributed by atoms with Crippen LogP contribution in [0.5, 0.6) is 5.75 Å². The summed E-state index contributed by atoms with van der Waals surface area (Å²) < 4.78 is 18.3. The van der Waals surface area contributed by atoms with Gasteiger partial charge in [-0.1, -0.05) is 6.08 Å². The van der Waals surface area contributed by atoms with Gasteiger partial charge in [-0.3, -0.25) is 4.21 Å². The number of rotatable bonds is 5. The van der Waals surface area contributed by atoms with Crippen LogP contribution in [-0.4, -0.2) is 72.9 Å². The Morgan fingerprint density at radius 1 is 1.21 bits per heavy atom. The average Bonchev–Trinajstić information content (AvgIpc) is 3.39. The Morgan fingerprint density at radius 3 is 2.71 bits per heavy atom. The molecule has 6 rings (SSSR count). The summed E-state index contributed by atoms with van der Waals surface area (Å²) in [5.74, 6) is 3.48. The lowest BCUT2D eigenvalue weighted by atomic mass is 9.73. The fourth-order valence-corrected chi connectivity index (χ4v) is 7.00. The van der Waals surface area contributed by atoms with Crippen molar-refractivity contribution in [3.8, 4) is 5.75 Å². The monoisotopic (exact) mass is 482 g/mol. The summed E-state index contributed by atoms with van der Waals surface area (Å²) in [5, 5.41) is 10.7. The van der Waals surface area contributed by atoms with Crippen molar-refractivity contribution in [2.24, 2.45) is 0 Å². The molecule has 1 saturated carbocycles. The molecular formula is C24H30N6O3S. The molecule has 1 N–H and O–H groups in total.